The highest BCUT2D eigenvalue weighted by molar-refractivity contribution is 7.54. The summed E-state index contributed by atoms with van der Waals surface area (Å²) in [5.41, 5.74) is 5.77. The highest BCUT2D eigenvalue weighted by atomic mass is 31.2. The average Bonchev–Trinajstić information content (AvgIpc) is 2.67. The summed E-state index contributed by atoms with van der Waals surface area (Å²) in [6.45, 7) is 3.53. The van der Waals surface area contributed by atoms with Crippen LogP contribution in [0.1, 0.15) is 36.9 Å². The third-order valence-corrected chi connectivity index (χ3v) is 5.36. The lowest BCUT2D eigenvalue weighted by Gasteiger charge is -2.27. The molecule has 0 radical (unpaired) electrons. The molecule has 0 bridgehead atoms. The van der Waals surface area contributed by atoms with Crippen molar-refractivity contribution < 1.29 is 19.8 Å². The normalized spacial score (nSPS) is 14.4. The van der Waals surface area contributed by atoms with Gasteiger partial charge in [-0.1, -0.05) is 48.5 Å². The van der Waals surface area contributed by atoms with Gasteiger partial charge in [0.2, 0.25) is 0 Å². The highest BCUT2D eigenvalue weighted by Gasteiger charge is 2.37. The molecule has 0 aromatic heterocycles. The maximum absolute atomic E-state index is 13.3. The van der Waals surface area contributed by atoms with E-state index in [1.165, 1.54) is 0 Å². The quantitative estimate of drug-likeness (QED) is 0.522. The third-order valence-electron chi connectivity index (χ3n) is 3.25. The molecule has 0 aliphatic heterocycles. The van der Waals surface area contributed by atoms with Gasteiger partial charge < -0.3 is 9.05 Å². The Morgan fingerprint density at radius 3 is 2.08 bits per heavy atom. The highest BCUT2D eigenvalue weighted by Crippen LogP contribution is 2.59. The summed E-state index contributed by atoms with van der Waals surface area (Å²) in [5.74, 6) is -2.47. The largest absolute Gasteiger partial charge is 0.353 e. The standard InChI is InChI=1S/C18H23N2O4P/c1-3-23-25(22,24-4-2)18(16-13-9-6-10-14-16)20-19-17(21)15-11-7-5-8-12-15/h5-14,18,20H,3-4H2,1-2H3,(H,19,21)/i18D. The van der Waals surface area contributed by atoms with E-state index >= 15 is 0 Å². The van der Waals surface area contributed by atoms with Gasteiger partial charge in [0.25, 0.3) is 5.91 Å². The van der Waals surface area contributed by atoms with Gasteiger partial charge in [0.05, 0.1) is 14.6 Å². The lowest BCUT2D eigenvalue weighted by atomic mass is 10.2. The van der Waals surface area contributed by atoms with Crippen LogP contribution in [0.3, 0.4) is 0 Å². The second-order valence-electron chi connectivity index (χ2n) is 4.99. The molecule has 1 amide bonds. The molecule has 25 heavy (non-hydrogen) atoms. The molecule has 7 heteroatoms. The van der Waals surface area contributed by atoms with Crippen LogP contribution in [0, 0.1) is 0 Å². The summed E-state index contributed by atoms with van der Waals surface area (Å²) < 4.78 is 32.9. The van der Waals surface area contributed by atoms with Crippen LogP contribution in [0.25, 0.3) is 0 Å². The van der Waals surface area contributed by atoms with Crippen LogP contribution in [-0.4, -0.2) is 19.1 Å². The van der Waals surface area contributed by atoms with Gasteiger partial charge in [-0.2, -0.15) is 0 Å². The number of hydrogen-bond donors (Lipinski definition) is 2. The average molecular weight is 363 g/mol. The number of rotatable bonds is 9. The molecule has 1 unspecified atom stereocenters. The molecule has 134 valence electrons. The number of nitrogens with one attached hydrogen (secondary N) is 2. The maximum Gasteiger partial charge on any atom is 0.353 e. The number of benzene rings is 2. The van der Waals surface area contributed by atoms with E-state index in [0.717, 1.165) is 0 Å². The van der Waals surface area contributed by atoms with E-state index in [2.05, 4.69) is 10.9 Å². The summed E-state index contributed by atoms with van der Waals surface area (Å²) in [6, 6.07) is 17.0. The summed E-state index contributed by atoms with van der Waals surface area (Å²) in [7, 11) is -3.97. The van der Waals surface area contributed by atoms with Gasteiger partial charge in [-0.05, 0) is 31.5 Å². The van der Waals surface area contributed by atoms with Gasteiger partial charge in [-0.25, -0.2) is 5.43 Å². The first kappa shape index (κ1) is 17.8. The van der Waals surface area contributed by atoms with E-state index in [4.69, 9.17) is 10.4 Å². The molecule has 2 N–H and O–H groups in total. The lowest BCUT2D eigenvalue weighted by Crippen LogP contribution is -2.40. The fraction of sp³-hybridized carbons (Fsp3) is 0.278. The van der Waals surface area contributed by atoms with E-state index in [-0.39, 0.29) is 13.2 Å². The summed E-state index contributed by atoms with van der Waals surface area (Å²) >= 11 is 0. The Balaban J connectivity index is 2.35. The predicted octanol–water partition coefficient (Wildman–Crippen LogP) is 3.89. The van der Waals surface area contributed by atoms with Crippen LogP contribution >= 0.6 is 7.60 Å². The number of carbonyl (C=O) groups is 1. The lowest BCUT2D eigenvalue weighted by molar-refractivity contribution is 0.0927. The molecule has 0 saturated carbocycles. The molecule has 0 saturated heterocycles. The van der Waals surface area contributed by atoms with E-state index < -0.39 is 19.3 Å². The number of amides is 1. The van der Waals surface area contributed by atoms with Crippen LogP contribution in [0.4, 0.5) is 0 Å². The molecule has 0 fully saturated rings. The first-order valence-electron chi connectivity index (χ1n) is 8.54. The molecule has 1 atom stereocenters. The Labute approximate surface area is 149 Å². The molecule has 0 heterocycles. The zero-order valence-corrected chi connectivity index (χ0v) is 15.2. The molecule has 0 aliphatic carbocycles. The summed E-state index contributed by atoms with van der Waals surface area (Å²) in [5, 5.41) is 0. The molecule has 2 aromatic rings. The fourth-order valence-electron chi connectivity index (χ4n) is 2.18. The molecule has 0 aliphatic rings. The van der Waals surface area contributed by atoms with Crippen LogP contribution in [-0.2, 0) is 13.6 Å². The van der Waals surface area contributed by atoms with Gasteiger partial charge >= 0.3 is 7.60 Å². The topological polar surface area (TPSA) is 76.7 Å². The van der Waals surface area contributed by atoms with Crippen molar-refractivity contribution >= 4 is 13.5 Å². The van der Waals surface area contributed by atoms with Crippen molar-refractivity contribution in [2.75, 3.05) is 13.2 Å². The van der Waals surface area contributed by atoms with E-state index in [1.54, 1.807) is 74.5 Å². The van der Waals surface area contributed by atoms with E-state index in [9.17, 15) is 9.36 Å². The number of hydrogen-bond acceptors (Lipinski definition) is 5. The minimum Gasteiger partial charge on any atom is -0.307 e. The van der Waals surface area contributed by atoms with E-state index in [1.807, 2.05) is 0 Å². The summed E-state index contributed by atoms with van der Waals surface area (Å²) in [4.78, 5) is 12.3. The molecule has 2 rings (SSSR count). The molecule has 6 nitrogen and oxygen atoms in total. The molecular formula is C18H23N2O4P. The molecule has 2 aromatic carbocycles. The maximum atomic E-state index is 13.3. The van der Waals surface area contributed by atoms with Crippen molar-refractivity contribution in [2.45, 2.75) is 19.6 Å². The Kier molecular flexibility index (Phi) is 6.77. The first-order chi connectivity index (χ1) is 12.5. The van der Waals surface area contributed by atoms with Crippen LogP contribution in [0.15, 0.2) is 60.7 Å². The Hall–Kier alpha value is -1.98. The molecular weight excluding hydrogens is 339 g/mol. The predicted molar refractivity (Wildman–Crippen MR) is 97.1 cm³/mol. The van der Waals surface area contributed by atoms with Crippen LogP contribution < -0.4 is 10.9 Å². The van der Waals surface area contributed by atoms with Gasteiger partial charge in [0.15, 0.2) is 5.76 Å². The Morgan fingerprint density at radius 2 is 1.56 bits per heavy atom. The van der Waals surface area contributed by atoms with Gasteiger partial charge in [0.1, 0.15) is 0 Å². The minimum absolute atomic E-state index is 0.0963. The fourth-order valence-corrected chi connectivity index (χ4v) is 3.85. The number of carbonyl (C=O) groups excluding carboxylic acids is 1. The van der Waals surface area contributed by atoms with E-state index in [0.29, 0.717) is 11.1 Å². The molecule has 0 spiro atoms. The zero-order chi connectivity index (χ0) is 19.0. The second-order valence-corrected chi connectivity index (χ2v) is 6.95. The monoisotopic (exact) mass is 363 g/mol. The van der Waals surface area contributed by atoms with Gasteiger partial charge in [0, 0.05) is 5.56 Å². The van der Waals surface area contributed by atoms with Crippen LogP contribution in [0.5, 0.6) is 0 Å². The third kappa shape index (κ3) is 5.25. The minimum atomic E-state index is -3.97. The van der Waals surface area contributed by atoms with Crippen molar-refractivity contribution in [1.82, 2.24) is 10.9 Å². The first-order valence-corrected chi connectivity index (χ1v) is 9.58. The Morgan fingerprint density at radius 1 is 1.04 bits per heavy atom. The van der Waals surface area contributed by atoms with Crippen molar-refractivity contribution in [3.63, 3.8) is 0 Å². The van der Waals surface area contributed by atoms with Crippen molar-refractivity contribution in [1.29, 1.82) is 0 Å². The Bertz CT molecular complexity index is 750. The second kappa shape index (κ2) is 9.49. The SMILES string of the molecule is [2H]C(NNC(=O)c1ccccc1)(c1ccccc1)P(=O)(OCC)OCC. The van der Waals surface area contributed by atoms with Crippen molar-refractivity contribution in [3.05, 3.63) is 71.8 Å². The van der Waals surface area contributed by atoms with Gasteiger partial charge in [-0.15, -0.1) is 0 Å². The number of hydrazine groups is 1. The van der Waals surface area contributed by atoms with Crippen molar-refractivity contribution in [3.8, 4) is 0 Å². The summed E-state index contributed by atoms with van der Waals surface area (Å²) in [6.07, 6.45) is 0. The zero-order valence-electron chi connectivity index (χ0n) is 15.3. The van der Waals surface area contributed by atoms with Crippen LogP contribution in [0.2, 0.25) is 0 Å². The smallest absolute Gasteiger partial charge is 0.307 e. The van der Waals surface area contributed by atoms with Crippen molar-refractivity contribution in [2.24, 2.45) is 0 Å². The van der Waals surface area contributed by atoms with Gasteiger partial charge in [-0.3, -0.25) is 14.8 Å².